The fraction of sp³-hybridized carbons (Fsp3) is 0.386. The monoisotopic (exact) mass is 736 g/mol. The number of aryl methyl sites for hydroxylation is 6. The second kappa shape index (κ2) is 23.2. The van der Waals surface area contributed by atoms with E-state index in [0.717, 1.165) is 36.8 Å². The van der Waals surface area contributed by atoms with Gasteiger partial charge in [0.05, 0.1) is 27.1 Å². The van der Waals surface area contributed by atoms with E-state index in [0.29, 0.717) is 55.7 Å². The summed E-state index contributed by atoms with van der Waals surface area (Å²) in [6.07, 6.45) is 4.33. The maximum absolute atomic E-state index is 12.2. The molecule has 54 heavy (non-hydrogen) atoms. The minimum atomic E-state index is -0.0588. The smallest absolute Gasteiger partial charge is 0.357 e. The van der Waals surface area contributed by atoms with Crippen molar-refractivity contribution in [2.75, 3.05) is 47.2 Å². The molecule has 0 aromatic heterocycles. The first-order chi connectivity index (χ1) is 26.1. The maximum Gasteiger partial charge on any atom is 0.357 e. The minimum Gasteiger partial charge on any atom is -0.493 e. The molecule has 0 atom stereocenters. The van der Waals surface area contributed by atoms with Gasteiger partial charge in [0, 0.05) is 19.6 Å². The predicted octanol–water partition coefficient (Wildman–Crippen LogP) is 6.80. The van der Waals surface area contributed by atoms with Gasteiger partial charge in [-0.2, -0.15) is 0 Å². The summed E-state index contributed by atoms with van der Waals surface area (Å²) in [7, 11) is 3.12. The lowest BCUT2D eigenvalue weighted by atomic mass is 10.0. The zero-order valence-electron chi connectivity index (χ0n) is 32.7. The average molecular weight is 737 g/mol. The number of rotatable bonds is 19. The number of nitrogens with two attached hydrogens (primary N) is 1. The maximum atomic E-state index is 12.2. The van der Waals surface area contributed by atoms with E-state index >= 15 is 0 Å². The van der Waals surface area contributed by atoms with E-state index in [-0.39, 0.29) is 25.0 Å². The van der Waals surface area contributed by atoms with Gasteiger partial charge in [-0.3, -0.25) is 14.4 Å². The van der Waals surface area contributed by atoms with E-state index in [4.69, 9.17) is 31.3 Å². The molecular weight excluding hydrogens is 681 g/mol. The number of nitrogens with one attached hydrogen (secondary N) is 2. The van der Waals surface area contributed by atoms with Gasteiger partial charge < -0.3 is 35.3 Å². The van der Waals surface area contributed by atoms with Crippen molar-refractivity contribution in [3.05, 3.63) is 129 Å². The average Bonchev–Trinajstić information content (AvgIpc) is 3.17. The number of hydrogen-bond donors (Lipinski definition) is 3. The molecule has 4 aromatic rings. The highest BCUT2D eigenvalue weighted by atomic mass is 16.5. The summed E-state index contributed by atoms with van der Waals surface area (Å²) in [5, 5.41) is 5.95. The summed E-state index contributed by atoms with van der Waals surface area (Å²) >= 11 is 0. The molecule has 4 N–H and O–H groups in total. The Hall–Kier alpha value is -5.53. The van der Waals surface area contributed by atoms with Crippen molar-refractivity contribution < 1.29 is 28.5 Å². The fourth-order valence-corrected chi connectivity index (χ4v) is 5.61. The van der Waals surface area contributed by atoms with Gasteiger partial charge in [-0.25, -0.2) is 6.57 Å². The first-order valence-corrected chi connectivity index (χ1v) is 18.3. The molecule has 0 aliphatic heterocycles. The highest BCUT2D eigenvalue weighted by Gasteiger charge is 2.11. The molecule has 10 heteroatoms. The van der Waals surface area contributed by atoms with Crippen molar-refractivity contribution in [1.29, 1.82) is 0 Å². The first-order valence-electron chi connectivity index (χ1n) is 18.3. The molecule has 0 saturated carbocycles. The van der Waals surface area contributed by atoms with Gasteiger partial charge >= 0.3 is 6.73 Å². The third kappa shape index (κ3) is 14.8. The van der Waals surface area contributed by atoms with Crippen molar-refractivity contribution in [3.63, 3.8) is 0 Å². The molecule has 0 fully saturated rings. The Labute approximate surface area is 321 Å². The van der Waals surface area contributed by atoms with Crippen molar-refractivity contribution >= 4 is 11.8 Å². The van der Waals surface area contributed by atoms with Crippen LogP contribution in [0.3, 0.4) is 0 Å². The number of nitrogens with zero attached hydrogens (tertiary/aromatic N) is 1. The number of amides is 2. The molecule has 288 valence electrons. The molecule has 10 nitrogen and oxygen atoms in total. The zero-order valence-corrected chi connectivity index (χ0v) is 32.7. The van der Waals surface area contributed by atoms with Crippen molar-refractivity contribution in [2.24, 2.45) is 5.73 Å². The molecule has 4 aromatic carbocycles. The highest BCUT2D eigenvalue weighted by Crippen LogP contribution is 2.29. The SMILES string of the molecule is COc1cc(CC(=O)NCCCc2ccc(C)c(C)c2)ccc1OCCN.[C-]#[N+]COc1ccc(CC(=O)NCCCc2ccc(C)c(C)c2)cc1OC. The van der Waals surface area contributed by atoms with Crippen LogP contribution < -0.4 is 35.3 Å². The van der Waals surface area contributed by atoms with Crippen LogP contribution in [0, 0.1) is 34.3 Å². The summed E-state index contributed by atoms with van der Waals surface area (Å²) in [4.78, 5) is 27.5. The van der Waals surface area contributed by atoms with E-state index in [9.17, 15) is 9.59 Å². The fourth-order valence-electron chi connectivity index (χ4n) is 5.61. The number of carbonyl (C=O) groups is 2. The summed E-state index contributed by atoms with van der Waals surface area (Å²) in [5.74, 6) is 2.27. The van der Waals surface area contributed by atoms with Crippen molar-refractivity contribution in [1.82, 2.24) is 10.6 Å². The second-order valence-corrected chi connectivity index (χ2v) is 13.1. The number of carbonyl (C=O) groups excluding carboxylic acids is 2. The summed E-state index contributed by atoms with van der Waals surface area (Å²) in [6, 6.07) is 23.9. The molecule has 0 aliphatic carbocycles. The molecule has 2 amide bonds. The van der Waals surface area contributed by atoms with Crippen LogP contribution >= 0.6 is 0 Å². The molecule has 0 spiro atoms. The lowest BCUT2D eigenvalue weighted by molar-refractivity contribution is -0.121. The molecule has 0 radical (unpaired) electrons. The molecule has 0 bridgehead atoms. The van der Waals surface area contributed by atoms with Crippen molar-refractivity contribution in [2.45, 2.75) is 66.2 Å². The topological polar surface area (TPSA) is 126 Å². The van der Waals surface area contributed by atoms with Gasteiger partial charge in [-0.1, -0.05) is 48.5 Å². The standard InChI is InChI=1S/C22H26N2O3.C22H30N2O3/c1-16-7-8-18(12-17(16)2)6-5-11-24-22(25)14-19-9-10-20(27-15-23-3)21(13-19)26-4;1-16-6-7-18(13-17(16)2)5-4-11-24-22(25)15-19-8-9-20(27-12-10-23)21(14-19)26-3/h7-10,12-13H,5-6,11,14-15H2,1-2,4H3,(H,24,25);6-9,13-14H,4-5,10-12,15,23H2,1-3H3,(H,24,25). The van der Waals surface area contributed by atoms with Crippen LogP contribution in [0.25, 0.3) is 4.85 Å². The van der Waals surface area contributed by atoms with Crippen LogP contribution in [0.4, 0.5) is 0 Å². The van der Waals surface area contributed by atoms with Crippen LogP contribution in [0.2, 0.25) is 0 Å². The Bertz CT molecular complexity index is 1850. The minimum absolute atomic E-state index is 0.00719. The summed E-state index contributed by atoms with van der Waals surface area (Å²) in [6.45, 7) is 17.4. The Morgan fingerprint density at radius 3 is 1.46 bits per heavy atom. The number of benzene rings is 4. The zero-order chi connectivity index (χ0) is 39.3. The summed E-state index contributed by atoms with van der Waals surface area (Å²) in [5.41, 5.74) is 15.0. The third-order valence-corrected chi connectivity index (χ3v) is 8.92. The Balaban J connectivity index is 0.000000290. The van der Waals surface area contributed by atoms with Crippen LogP contribution in [0.5, 0.6) is 23.0 Å². The largest absolute Gasteiger partial charge is 0.493 e. The highest BCUT2D eigenvalue weighted by molar-refractivity contribution is 5.79. The van der Waals surface area contributed by atoms with Gasteiger partial charge in [0.15, 0.2) is 23.0 Å². The van der Waals surface area contributed by atoms with Crippen LogP contribution in [0.1, 0.15) is 57.3 Å². The second-order valence-electron chi connectivity index (χ2n) is 13.1. The van der Waals surface area contributed by atoms with E-state index in [2.05, 4.69) is 79.6 Å². The summed E-state index contributed by atoms with van der Waals surface area (Å²) < 4.78 is 21.4. The molecule has 4 rings (SSSR count). The molecular formula is C44H56N4O6. The Morgan fingerprint density at radius 2 is 1.06 bits per heavy atom. The van der Waals surface area contributed by atoms with Crippen LogP contribution in [0.15, 0.2) is 72.8 Å². The van der Waals surface area contributed by atoms with Crippen LogP contribution in [-0.4, -0.2) is 59.0 Å². The Morgan fingerprint density at radius 1 is 0.611 bits per heavy atom. The number of hydrogen-bond acceptors (Lipinski definition) is 7. The lowest BCUT2D eigenvalue weighted by Gasteiger charge is -2.12. The normalized spacial score (nSPS) is 10.3. The van der Waals surface area contributed by atoms with Crippen molar-refractivity contribution in [3.8, 4) is 23.0 Å². The van der Waals surface area contributed by atoms with Gasteiger partial charge in [0.1, 0.15) is 6.61 Å². The molecule has 0 heterocycles. The van der Waals surface area contributed by atoms with Gasteiger partial charge in [0.25, 0.3) is 0 Å². The quantitative estimate of drug-likeness (QED) is 0.0715. The molecule has 0 aliphatic rings. The Kier molecular flexibility index (Phi) is 18.4. The van der Waals surface area contributed by atoms with Gasteiger partial charge in [0.2, 0.25) is 11.8 Å². The van der Waals surface area contributed by atoms with E-state index in [1.807, 2.05) is 24.3 Å². The van der Waals surface area contributed by atoms with E-state index in [1.165, 1.54) is 40.5 Å². The number of ether oxygens (including phenoxy) is 4. The molecule has 0 unspecified atom stereocenters. The van der Waals surface area contributed by atoms with Gasteiger partial charge in [-0.05, 0) is 122 Å². The van der Waals surface area contributed by atoms with Crippen LogP contribution in [-0.2, 0) is 35.3 Å². The van der Waals surface area contributed by atoms with E-state index in [1.54, 1.807) is 19.2 Å². The van der Waals surface area contributed by atoms with Gasteiger partial charge in [-0.15, -0.1) is 0 Å². The van der Waals surface area contributed by atoms with E-state index < -0.39 is 0 Å². The molecule has 0 saturated heterocycles. The number of methoxy groups -OCH3 is 2. The first kappa shape index (κ1) is 42.9. The third-order valence-electron chi connectivity index (χ3n) is 8.92. The lowest BCUT2D eigenvalue weighted by Crippen LogP contribution is -2.26. The predicted molar refractivity (Wildman–Crippen MR) is 215 cm³/mol.